The molecule has 0 bridgehead atoms. The first-order chi connectivity index (χ1) is 11.1. The Bertz CT molecular complexity index is 489. The highest BCUT2D eigenvalue weighted by molar-refractivity contribution is 5.95. The van der Waals surface area contributed by atoms with Gasteiger partial charge in [0, 0.05) is 36.4 Å². The van der Waals surface area contributed by atoms with Crippen molar-refractivity contribution in [1.82, 2.24) is 4.90 Å². The molecule has 3 nitrogen and oxygen atoms in total. The van der Waals surface area contributed by atoms with Gasteiger partial charge < -0.3 is 9.80 Å². The van der Waals surface area contributed by atoms with Crippen LogP contribution in [0.3, 0.4) is 0 Å². The summed E-state index contributed by atoms with van der Waals surface area (Å²) in [5.74, 6) is 0.192. The summed E-state index contributed by atoms with van der Waals surface area (Å²) in [4.78, 5) is 17.4. The number of rotatable bonds is 7. The van der Waals surface area contributed by atoms with Crippen LogP contribution in [0.1, 0.15) is 70.2 Å². The summed E-state index contributed by atoms with van der Waals surface area (Å²) in [5.41, 5.74) is 2.03. The standard InChI is InChI=1S/C20H32N2O/c1-5-15-21(6-2)18-13-11-17(12-14-18)20(23)22(16(3)4)19-9-7-8-10-19/h11-14,16,19H,5-10,15H2,1-4H3. The number of nitrogens with zero attached hydrogens (tertiary/aromatic N) is 2. The SMILES string of the molecule is CCCN(CC)c1ccc(C(=O)N(C(C)C)C2CCCC2)cc1. The van der Waals surface area contributed by atoms with Crippen LogP contribution in [-0.4, -0.2) is 36.0 Å². The summed E-state index contributed by atoms with van der Waals surface area (Å²) in [7, 11) is 0. The molecule has 0 unspecified atom stereocenters. The Morgan fingerprint density at radius 2 is 1.74 bits per heavy atom. The van der Waals surface area contributed by atoms with Gasteiger partial charge in [-0.2, -0.15) is 0 Å². The molecule has 3 heteroatoms. The summed E-state index contributed by atoms with van der Waals surface area (Å²) < 4.78 is 0. The normalized spacial score (nSPS) is 15.2. The van der Waals surface area contributed by atoms with Gasteiger partial charge in [0.1, 0.15) is 0 Å². The Hall–Kier alpha value is -1.51. The maximum Gasteiger partial charge on any atom is 0.254 e. The van der Waals surface area contributed by atoms with Gasteiger partial charge >= 0.3 is 0 Å². The van der Waals surface area contributed by atoms with Gasteiger partial charge in [0.15, 0.2) is 0 Å². The minimum atomic E-state index is 0.192. The van der Waals surface area contributed by atoms with Crippen molar-refractivity contribution in [3.63, 3.8) is 0 Å². The predicted molar refractivity (Wildman–Crippen MR) is 98.2 cm³/mol. The number of hydrogen-bond acceptors (Lipinski definition) is 2. The van der Waals surface area contributed by atoms with Gasteiger partial charge in [-0.25, -0.2) is 0 Å². The smallest absolute Gasteiger partial charge is 0.254 e. The first-order valence-corrected chi connectivity index (χ1v) is 9.26. The minimum absolute atomic E-state index is 0.192. The second kappa shape index (κ2) is 8.37. The Morgan fingerprint density at radius 3 is 2.22 bits per heavy atom. The van der Waals surface area contributed by atoms with E-state index >= 15 is 0 Å². The monoisotopic (exact) mass is 316 g/mol. The zero-order chi connectivity index (χ0) is 16.8. The zero-order valence-corrected chi connectivity index (χ0v) is 15.2. The number of benzene rings is 1. The van der Waals surface area contributed by atoms with E-state index in [2.05, 4.69) is 49.6 Å². The van der Waals surface area contributed by atoms with Crippen LogP contribution in [0.25, 0.3) is 0 Å². The number of hydrogen-bond donors (Lipinski definition) is 0. The van der Waals surface area contributed by atoms with Crippen molar-refractivity contribution in [1.29, 1.82) is 0 Å². The third kappa shape index (κ3) is 4.27. The molecule has 0 spiro atoms. The molecule has 1 aromatic carbocycles. The molecular weight excluding hydrogens is 284 g/mol. The van der Waals surface area contributed by atoms with Gasteiger partial charge in [-0.15, -0.1) is 0 Å². The Labute approximate surface area is 141 Å². The van der Waals surface area contributed by atoms with Crippen molar-refractivity contribution in [2.75, 3.05) is 18.0 Å². The molecule has 23 heavy (non-hydrogen) atoms. The van der Waals surface area contributed by atoms with Crippen LogP contribution < -0.4 is 4.90 Å². The highest BCUT2D eigenvalue weighted by atomic mass is 16.2. The molecule has 2 rings (SSSR count). The van der Waals surface area contributed by atoms with Crippen molar-refractivity contribution in [3.05, 3.63) is 29.8 Å². The van der Waals surface area contributed by atoms with E-state index in [1.807, 2.05) is 12.1 Å². The molecule has 0 radical (unpaired) electrons. The van der Waals surface area contributed by atoms with Gasteiger partial charge in [-0.05, 0) is 64.3 Å². The first-order valence-electron chi connectivity index (χ1n) is 9.26. The molecule has 0 atom stereocenters. The first kappa shape index (κ1) is 17.8. The maximum absolute atomic E-state index is 13.0. The van der Waals surface area contributed by atoms with E-state index in [9.17, 15) is 4.79 Å². The topological polar surface area (TPSA) is 23.6 Å². The van der Waals surface area contributed by atoms with E-state index in [-0.39, 0.29) is 11.9 Å². The second-order valence-corrected chi connectivity index (χ2v) is 6.87. The minimum Gasteiger partial charge on any atom is -0.372 e. The van der Waals surface area contributed by atoms with Crippen molar-refractivity contribution in [3.8, 4) is 0 Å². The summed E-state index contributed by atoms with van der Waals surface area (Å²) in [6, 6.07) is 8.88. The van der Waals surface area contributed by atoms with Gasteiger partial charge in [0.2, 0.25) is 0 Å². The molecule has 0 heterocycles. The number of amides is 1. The quantitative estimate of drug-likeness (QED) is 0.727. The highest BCUT2D eigenvalue weighted by Crippen LogP contribution is 2.27. The molecule has 0 N–H and O–H groups in total. The van der Waals surface area contributed by atoms with E-state index in [0.29, 0.717) is 6.04 Å². The van der Waals surface area contributed by atoms with Crippen LogP contribution in [0.15, 0.2) is 24.3 Å². The molecule has 0 aromatic heterocycles. The molecule has 0 saturated heterocycles. The summed E-state index contributed by atoms with van der Waals surface area (Å²) in [6.45, 7) is 10.7. The molecular formula is C20H32N2O. The van der Waals surface area contributed by atoms with Gasteiger partial charge in [0.05, 0.1) is 0 Å². The lowest BCUT2D eigenvalue weighted by atomic mass is 10.1. The molecule has 0 aliphatic heterocycles. The van der Waals surface area contributed by atoms with E-state index < -0.39 is 0 Å². The molecule has 1 saturated carbocycles. The fourth-order valence-corrected chi connectivity index (χ4v) is 3.71. The lowest BCUT2D eigenvalue weighted by Gasteiger charge is -2.33. The van der Waals surface area contributed by atoms with Crippen LogP contribution in [0, 0.1) is 0 Å². The van der Waals surface area contributed by atoms with Crippen LogP contribution in [0.5, 0.6) is 0 Å². The molecule has 1 fully saturated rings. The molecule has 128 valence electrons. The van der Waals surface area contributed by atoms with Crippen LogP contribution in [0.2, 0.25) is 0 Å². The van der Waals surface area contributed by atoms with E-state index in [4.69, 9.17) is 0 Å². The third-order valence-corrected chi connectivity index (χ3v) is 4.86. The van der Waals surface area contributed by atoms with Crippen LogP contribution in [-0.2, 0) is 0 Å². The Morgan fingerprint density at radius 1 is 1.13 bits per heavy atom. The van der Waals surface area contributed by atoms with Crippen molar-refractivity contribution >= 4 is 11.6 Å². The van der Waals surface area contributed by atoms with E-state index in [1.54, 1.807) is 0 Å². The molecule has 1 aliphatic rings. The predicted octanol–water partition coefficient (Wildman–Crippen LogP) is 4.72. The number of anilines is 1. The largest absolute Gasteiger partial charge is 0.372 e. The van der Waals surface area contributed by atoms with Crippen molar-refractivity contribution in [2.24, 2.45) is 0 Å². The fourth-order valence-electron chi connectivity index (χ4n) is 3.71. The average Bonchev–Trinajstić information content (AvgIpc) is 3.06. The number of carbonyl (C=O) groups is 1. The van der Waals surface area contributed by atoms with Crippen molar-refractivity contribution in [2.45, 2.75) is 71.9 Å². The van der Waals surface area contributed by atoms with Crippen LogP contribution in [0.4, 0.5) is 5.69 Å². The van der Waals surface area contributed by atoms with Gasteiger partial charge in [-0.1, -0.05) is 19.8 Å². The molecule has 1 aliphatic carbocycles. The summed E-state index contributed by atoms with van der Waals surface area (Å²) in [6.07, 6.45) is 5.95. The Balaban J connectivity index is 2.14. The number of carbonyl (C=O) groups excluding carboxylic acids is 1. The highest BCUT2D eigenvalue weighted by Gasteiger charge is 2.29. The van der Waals surface area contributed by atoms with E-state index in [0.717, 1.165) is 37.9 Å². The third-order valence-electron chi connectivity index (χ3n) is 4.86. The second-order valence-electron chi connectivity index (χ2n) is 6.87. The lowest BCUT2D eigenvalue weighted by Crippen LogP contribution is -2.43. The van der Waals surface area contributed by atoms with Crippen LogP contribution >= 0.6 is 0 Å². The van der Waals surface area contributed by atoms with Crippen molar-refractivity contribution < 1.29 is 4.79 Å². The van der Waals surface area contributed by atoms with Gasteiger partial charge in [0.25, 0.3) is 5.91 Å². The zero-order valence-electron chi connectivity index (χ0n) is 15.2. The summed E-state index contributed by atoms with van der Waals surface area (Å²) >= 11 is 0. The maximum atomic E-state index is 13.0. The van der Waals surface area contributed by atoms with E-state index in [1.165, 1.54) is 18.5 Å². The summed E-state index contributed by atoms with van der Waals surface area (Å²) in [5, 5.41) is 0. The average molecular weight is 316 g/mol. The molecule has 1 amide bonds. The Kier molecular flexibility index (Phi) is 6.49. The molecule has 1 aromatic rings. The van der Waals surface area contributed by atoms with Gasteiger partial charge in [-0.3, -0.25) is 4.79 Å². The lowest BCUT2D eigenvalue weighted by molar-refractivity contribution is 0.0613. The fraction of sp³-hybridized carbons (Fsp3) is 0.650.